The number of aliphatic hydroxyl groups excluding tert-OH is 5. The van der Waals surface area contributed by atoms with Crippen molar-refractivity contribution in [3.05, 3.63) is 60.8 Å². The number of esters is 2. The van der Waals surface area contributed by atoms with Gasteiger partial charge in [-0.15, -0.1) is 0 Å². The molecule has 14 heteroatoms. The van der Waals surface area contributed by atoms with Gasteiger partial charge in [0, 0.05) is 12.8 Å². The molecule has 6 N–H and O–H groups in total. The molecule has 0 aromatic carbocycles. The van der Waals surface area contributed by atoms with Gasteiger partial charge in [0.25, 0.3) is 0 Å². The number of unbranched alkanes of at least 4 members (excludes halogenated alkanes) is 14. The summed E-state index contributed by atoms with van der Waals surface area (Å²) >= 11 is 0. The van der Waals surface area contributed by atoms with Crippen LogP contribution in [0.15, 0.2) is 60.8 Å². The lowest BCUT2D eigenvalue weighted by molar-refractivity contribution is -0.220. The van der Waals surface area contributed by atoms with Crippen LogP contribution in [0, 0.1) is 0 Å². The van der Waals surface area contributed by atoms with Crippen LogP contribution in [-0.4, -0.2) is 98.3 Å². The maximum atomic E-state index is 12.8. The monoisotopic (exact) mass is 871 g/mol. The molecule has 1 saturated carbocycles. The number of ether oxygens (including phenoxy) is 2. The third-order valence-electron chi connectivity index (χ3n) is 10.1. The molecule has 8 atom stereocenters. The summed E-state index contributed by atoms with van der Waals surface area (Å²) in [5.41, 5.74) is 0. The van der Waals surface area contributed by atoms with Crippen LogP contribution in [0.2, 0.25) is 0 Å². The highest BCUT2D eigenvalue weighted by Gasteiger charge is 2.51. The fourth-order valence-electron chi connectivity index (χ4n) is 6.50. The maximum Gasteiger partial charge on any atom is 0.472 e. The van der Waals surface area contributed by atoms with Crippen LogP contribution in [0.4, 0.5) is 0 Å². The predicted molar refractivity (Wildman–Crippen MR) is 235 cm³/mol. The van der Waals surface area contributed by atoms with Gasteiger partial charge in [-0.05, 0) is 51.4 Å². The van der Waals surface area contributed by atoms with Crippen molar-refractivity contribution in [3.8, 4) is 0 Å². The number of phosphoric acid groups is 1. The average molecular weight is 871 g/mol. The standard InChI is InChI=1S/C46H79O13P/c1-3-5-7-9-11-13-15-17-19-20-21-23-24-26-28-30-32-34-39(47)56-36-38(37-57-60(54,55)59-46-44(52)42(50)41(49)43(51)45(46)53)58-40(48)35-33-31-29-27-25-22-18-16-14-12-10-8-6-4-2/h5,7,11,13,17,19,21,23,26,28,38,41-46,49-53H,3-4,6,8-10,12,14-16,18,20,22,24-25,27,29-37H2,1-2H3,(H,54,55)/b7-5-,13-11-,19-17-,23-21-,28-26-/t38-,41?,42-,43?,44?,45?,46?/m1/s1. The summed E-state index contributed by atoms with van der Waals surface area (Å²) in [5, 5.41) is 50.1. The van der Waals surface area contributed by atoms with Crippen molar-refractivity contribution in [2.45, 2.75) is 204 Å². The van der Waals surface area contributed by atoms with E-state index in [1.165, 1.54) is 57.8 Å². The SMILES string of the molecule is CC/C=C\C/C=C\C/C=C\C/C=C\C/C=C\CCCC(=O)OC[C@H](COP(=O)(O)OC1C(O)C(O)C(O)[C@@H](O)C1O)OC(=O)CCCCCCCCCCCCCCCC. The van der Waals surface area contributed by atoms with Crippen LogP contribution in [-0.2, 0) is 32.7 Å². The third kappa shape index (κ3) is 28.2. The Balaban J connectivity index is 2.51. The highest BCUT2D eigenvalue weighted by atomic mass is 31.2. The van der Waals surface area contributed by atoms with Crippen LogP contribution < -0.4 is 0 Å². The first-order valence-electron chi connectivity index (χ1n) is 22.6. The fourth-order valence-corrected chi connectivity index (χ4v) is 7.47. The Morgan fingerprint density at radius 2 is 0.950 bits per heavy atom. The lowest BCUT2D eigenvalue weighted by Gasteiger charge is -2.41. The molecule has 1 aliphatic rings. The van der Waals surface area contributed by atoms with Crippen LogP contribution in [0.3, 0.4) is 0 Å². The maximum absolute atomic E-state index is 12.8. The molecule has 0 saturated heterocycles. The van der Waals surface area contributed by atoms with E-state index >= 15 is 0 Å². The number of phosphoric ester groups is 1. The topological polar surface area (TPSA) is 210 Å². The Hall–Kier alpha value is -2.45. The minimum Gasteiger partial charge on any atom is -0.462 e. The van der Waals surface area contributed by atoms with E-state index in [0.717, 1.165) is 57.8 Å². The number of carbonyl (C=O) groups is 2. The molecule has 60 heavy (non-hydrogen) atoms. The van der Waals surface area contributed by atoms with Crippen molar-refractivity contribution in [1.29, 1.82) is 0 Å². The summed E-state index contributed by atoms with van der Waals surface area (Å²) in [4.78, 5) is 35.6. The van der Waals surface area contributed by atoms with Gasteiger partial charge in [0.2, 0.25) is 0 Å². The Bertz CT molecular complexity index is 1280. The Labute approximate surface area is 360 Å². The first kappa shape index (κ1) is 55.6. The van der Waals surface area contributed by atoms with Crippen molar-refractivity contribution >= 4 is 19.8 Å². The summed E-state index contributed by atoms with van der Waals surface area (Å²) < 4.78 is 33.4. The highest BCUT2D eigenvalue weighted by Crippen LogP contribution is 2.47. The van der Waals surface area contributed by atoms with Crippen LogP contribution >= 0.6 is 7.82 Å². The predicted octanol–water partition coefficient (Wildman–Crippen LogP) is 8.55. The molecule has 1 fully saturated rings. The zero-order valence-electron chi connectivity index (χ0n) is 36.5. The molecule has 0 radical (unpaired) electrons. The van der Waals surface area contributed by atoms with Gasteiger partial charge in [0.05, 0.1) is 6.61 Å². The van der Waals surface area contributed by atoms with Crippen molar-refractivity contribution in [2.75, 3.05) is 13.2 Å². The largest absolute Gasteiger partial charge is 0.472 e. The summed E-state index contributed by atoms with van der Waals surface area (Å²) in [6.45, 7) is 3.13. The van der Waals surface area contributed by atoms with Gasteiger partial charge < -0.3 is 39.9 Å². The summed E-state index contributed by atoms with van der Waals surface area (Å²) in [5.74, 6) is -1.17. The molecule has 0 spiro atoms. The van der Waals surface area contributed by atoms with E-state index in [-0.39, 0.29) is 12.8 Å². The molecule has 13 nitrogen and oxygen atoms in total. The molecular weight excluding hydrogens is 791 g/mol. The second-order valence-electron chi connectivity index (χ2n) is 15.5. The minimum atomic E-state index is -5.13. The molecule has 346 valence electrons. The fraction of sp³-hybridized carbons (Fsp3) is 0.739. The number of allylic oxidation sites excluding steroid dienone is 10. The first-order valence-corrected chi connectivity index (χ1v) is 24.1. The van der Waals surface area contributed by atoms with E-state index in [9.17, 15) is 44.6 Å². The number of hydrogen-bond acceptors (Lipinski definition) is 12. The Morgan fingerprint density at radius 1 is 0.533 bits per heavy atom. The van der Waals surface area contributed by atoms with Crippen molar-refractivity contribution in [1.82, 2.24) is 0 Å². The molecule has 0 amide bonds. The van der Waals surface area contributed by atoms with Crippen molar-refractivity contribution in [3.63, 3.8) is 0 Å². The van der Waals surface area contributed by atoms with Crippen molar-refractivity contribution < 1.29 is 63.1 Å². The molecular formula is C46H79O13P. The first-order chi connectivity index (χ1) is 28.9. The Morgan fingerprint density at radius 3 is 1.43 bits per heavy atom. The molecule has 0 aromatic rings. The van der Waals surface area contributed by atoms with E-state index < -0.39 is 75.7 Å². The highest BCUT2D eigenvalue weighted by molar-refractivity contribution is 7.47. The number of hydrogen-bond donors (Lipinski definition) is 6. The summed E-state index contributed by atoms with van der Waals surface area (Å²) in [6, 6.07) is 0. The van der Waals surface area contributed by atoms with Gasteiger partial charge in [-0.2, -0.15) is 0 Å². The van der Waals surface area contributed by atoms with E-state index in [1.807, 2.05) is 12.2 Å². The number of rotatable bonds is 36. The van der Waals surface area contributed by atoms with Gasteiger partial charge in [-0.1, -0.05) is 158 Å². The second kappa shape index (κ2) is 36.1. The molecule has 6 unspecified atom stereocenters. The lowest BCUT2D eigenvalue weighted by atomic mass is 9.85. The number of carbonyl (C=O) groups excluding carboxylic acids is 2. The Kier molecular flexibility index (Phi) is 33.4. The smallest absolute Gasteiger partial charge is 0.462 e. The van der Waals surface area contributed by atoms with Gasteiger partial charge in [0.1, 0.15) is 43.2 Å². The zero-order chi connectivity index (χ0) is 44.3. The number of aliphatic hydroxyl groups is 5. The van der Waals surface area contributed by atoms with Crippen molar-refractivity contribution in [2.24, 2.45) is 0 Å². The van der Waals surface area contributed by atoms with Crippen LogP contribution in [0.1, 0.15) is 162 Å². The normalized spacial score (nSPS) is 22.7. The quantitative estimate of drug-likeness (QED) is 0.0151. The molecule has 0 aromatic heterocycles. The molecule has 0 heterocycles. The van der Waals surface area contributed by atoms with Crippen LogP contribution in [0.25, 0.3) is 0 Å². The van der Waals surface area contributed by atoms with Crippen LogP contribution in [0.5, 0.6) is 0 Å². The second-order valence-corrected chi connectivity index (χ2v) is 16.9. The van der Waals surface area contributed by atoms with Gasteiger partial charge in [-0.25, -0.2) is 4.57 Å². The van der Waals surface area contributed by atoms with E-state index in [4.69, 9.17) is 18.5 Å². The van der Waals surface area contributed by atoms with Gasteiger partial charge >= 0.3 is 19.8 Å². The average Bonchev–Trinajstić information content (AvgIpc) is 3.23. The molecule has 0 bridgehead atoms. The third-order valence-corrected chi connectivity index (χ3v) is 11.1. The summed E-state index contributed by atoms with van der Waals surface area (Å²) in [7, 11) is -5.13. The molecule has 0 aliphatic heterocycles. The van der Waals surface area contributed by atoms with E-state index in [2.05, 4.69) is 62.5 Å². The van der Waals surface area contributed by atoms with Gasteiger partial charge in [0.15, 0.2) is 6.10 Å². The molecule has 1 rings (SSSR count). The van der Waals surface area contributed by atoms with E-state index in [0.29, 0.717) is 19.3 Å². The molecule has 1 aliphatic carbocycles. The van der Waals surface area contributed by atoms with Gasteiger partial charge in [-0.3, -0.25) is 18.6 Å². The lowest BCUT2D eigenvalue weighted by Crippen LogP contribution is -2.64. The zero-order valence-corrected chi connectivity index (χ0v) is 37.4. The summed E-state index contributed by atoms with van der Waals surface area (Å²) in [6.07, 6.45) is 30.0. The van der Waals surface area contributed by atoms with E-state index in [1.54, 1.807) is 0 Å². The minimum absolute atomic E-state index is 0.0849.